The van der Waals surface area contributed by atoms with E-state index in [-0.39, 0.29) is 17.9 Å². The summed E-state index contributed by atoms with van der Waals surface area (Å²) in [6.45, 7) is 2.75. The van der Waals surface area contributed by atoms with Gasteiger partial charge in [0.05, 0.1) is 12.3 Å². The summed E-state index contributed by atoms with van der Waals surface area (Å²) < 4.78 is 24.3. The summed E-state index contributed by atoms with van der Waals surface area (Å²) in [6, 6.07) is 3.66. The van der Waals surface area contributed by atoms with Crippen LogP contribution < -0.4 is 5.32 Å². The lowest BCUT2D eigenvalue weighted by molar-refractivity contribution is -0.126. The monoisotopic (exact) mass is 311 g/mol. The first-order valence-corrected chi connectivity index (χ1v) is 8.88. The number of pyridine rings is 1. The van der Waals surface area contributed by atoms with Crippen molar-refractivity contribution in [2.45, 2.75) is 25.8 Å². The van der Waals surface area contributed by atoms with E-state index < -0.39 is 10.0 Å². The first-order chi connectivity index (χ1) is 9.88. The molecule has 1 saturated heterocycles. The Morgan fingerprint density at radius 2 is 2.10 bits per heavy atom. The topological polar surface area (TPSA) is 79.4 Å². The van der Waals surface area contributed by atoms with Crippen LogP contribution in [0.5, 0.6) is 0 Å². The predicted molar refractivity (Wildman–Crippen MR) is 79.9 cm³/mol. The smallest absolute Gasteiger partial charge is 0.223 e. The number of amides is 1. The van der Waals surface area contributed by atoms with Crippen molar-refractivity contribution in [2.75, 3.05) is 19.3 Å². The van der Waals surface area contributed by atoms with E-state index in [1.807, 2.05) is 19.1 Å². The van der Waals surface area contributed by atoms with Gasteiger partial charge >= 0.3 is 0 Å². The van der Waals surface area contributed by atoms with Gasteiger partial charge in [0.1, 0.15) is 0 Å². The summed E-state index contributed by atoms with van der Waals surface area (Å²) in [5, 5.41) is 2.97. The number of carbonyl (C=O) groups is 1. The highest BCUT2D eigenvalue weighted by molar-refractivity contribution is 7.88. The lowest BCUT2D eigenvalue weighted by Crippen LogP contribution is -2.43. The molecule has 1 atom stereocenters. The fourth-order valence-corrected chi connectivity index (χ4v) is 3.37. The third kappa shape index (κ3) is 4.25. The molecule has 1 aromatic rings. The van der Waals surface area contributed by atoms with Crippen LogP contribution in [-0.4, -0.2) is 43.0 Å². The second-order valence-corrected chi connectivity index (χ2v) is 7.44. The Bertz CT molecular complexity index is 581. The number of aromatic nitrogens is 1. The lowest BCUT2D eigenvalue weighted by atomic mass is 9.96. The molecule has 0 spiro atoms. The number of nitrogens with zero attached hydrogens (tertiary/aromatic N) is 2. The summed E-state index contributed by atoms with van der Waals surface area (Å²) in [5.41, 5.74) is 0.958. The Morgan fingerprint density at radius 3 is 2.62 bits per heavy atom. The number of rotatable bonds is 4. The van der Waals surface area contributed by atoms with Crippen molar-refractivity contribution in [1.29, 1.82) is 0 Å². The largest absolute Gasteiger partial charge is 0.349 e. The minimum Gasteiger partial charge on any atom is -0.349 e. The van der Waals surface area contributed by atoms with Gasteiger partial charge in [-0.1, -0.05) is 6.07 Å². The standard InChI is InChI=1S/C14H21N3O3S/c1-11(13-4-3-7-15-10-13)16-14(18)12-5-8-17(9-6-12)21(2,19)20/h3-4,7,10-12H,5-6,8-9H2,1-2H3,(H,16,18)/t11-/m0/s1. The van der Waals surface area contributed by atoms with Crippen molar-refractivity contribution in [3.8, 4) is 0 Å². The molecule has 0 aromatic carbocycles. The average molecular weight is 311 g/mol. The minimum absolute atomic E-state index is 0.0143. The van der Waals surface area contributed by atoms with Gasteiger partial charge in [0.15, 0.2) is 0 Å². The summed E-state index contributed by atoms with van der Waals surface area (Å²) in [7, 11) is -3.15. The first kappa shape index (κ1) is 15.9. The Balaban J connectivity index is 1.88. The van der Waals surface area contributed by atoms with E-state index in [9.17, 15) is 13.2 Å². The van der Waals surface area contributed by atoms with Gasteiger partial charge in [0, 0.05) is 31.4 Å². The van der Waals surface area contributed by atoms with Crippen molar-refractivity contribution in [1.82, 2.24) is 14.6 Å². The Labute approximate surface area is 125 Å². The fourth-order valence-electron chi connectivity index (χ4n) is 2.50. The summed E-state index contributed by atoms with van der Waals surface area (Å²) >= 11 is 0. The number of piperidine rings is 1. The van der Waals surface area contributed by atoms with E-state index in [1.165, 1.54) is 10.6 Å². The van der Waals surface area contributed by atoms with Gasteiger partial charge in [-0.3, -0.25) is 9.78 Å². The predicted octanol–water partition coefficient (Wildman–Crippen LogP) is 0.930. The molecular weight excluding hydrogens is 290 g/mol. The van der Waals surface area contributed by atoms with Crippen LogP contribution in [0.2, 0.25) is 0 Å². The van der Waals surface area contributed by atoms with Crippen molar-refractivity contribution in [3.63, 3.8) is 0 Å². The molecule has 6 nitrogen and oxygen atoms in total. The lowest BCUT2D eigenvalue weighted by Gasteiger charge is -2.30. The zero-order valence-electron chi connectivity index (χ0n) is 12.3. The number of nitrogens with one attached hydrogen (secondary N) is 1. The van der Waals surface area contributed by atoms with Crippen LogP contribution in [-0.2, 0) is 14.8 Å². The molecule has 0 radical (unpaired) electrons. The van der Waals surface area contributed by atoms with Crippen molar-refractivity contribution >= 4 is 15.9 Å². The molecule has 0 unspecified atom stereocenters. The van der Waals surface area contributed by atoms with E-state index in [1.54, 1.807) is 12.4 Å². The van der Waals surface area contributed by atoms with E-state index in [0.29, 0.717) is 25.9 Å². The van der Waals surface area contributed by atoms with Crippen LogP contribution in [0, 0.1) is 5.92 Å². The molecule has 1 aliphatic heterocycles. The highest BCUT2D eigenvalue weighted by Gasteiger charge is 2.29. The summed E-state index contributed by atoms with van der Waals surface area (Å²) in [4.78, 5) is 16.3. The molecule has 1 N–H and O–H groups in total. The molecule has 1 fully saturated rings. The highest BCUT2D eigenvalue weighted by atomic mass is 32.2. The molecule has 0 saturated carbocycles. The Morgan fingerprint density at radius 1 is 1.43 bits per heavy atom. The van der Waals surface area contributed by atoms with Crippen molar-refractivity contribution in [3.05, 3.63) is 30.1 Å². The molecule has 21 heavy (non-hydrogen) atoms. The van der Waals surface area contributed by atoms with E-state index in [2.05, 4.69) is 10.3 Å². The molecule has 116 valence electrons. The van der Waals surface area contributed by atoms with Crippen LogP contribution >= 0.6 is 0 Å². The second-order valence-electron chi connectivity index (χ2n) is 5.45. The summed E-state index contributed by atoms with van der Waals surface area (Å²) in [6.07, 6.45) is 5.77. The van der Waals surface area contributed by atoms with Gasteiger partial charge < -0.3 is 5.32 Å². The number of hydrogen-bond donors (Lipinski definition) is 1. The van der Waals surface area contributed by atoms with Crippen LogP contribution in [0.3, 0.4) is 0 Å². The fraction of sp³-hybridized carbons (Fsp3) is 0.571. The van der Waals surface area contributed by atoms with Crippen molar-refractivity contribution < 1.29 is 13.2 Å². The zero-order valence-corrected chi connectivity index (χ0v) is 13.1. The van der Waals surface area contributed by atoms with Gasteiger partial charge in [0.25, 0.3) is 0 Å². The molecular formula is C14H21N3O3S. The van der Waals surface area contributed by atoms with Gasteiger partial charge in [-0.25, -0.2) is 12.7 Å². The van der Waals surface area contributed by atoms with Crippen LogP contribution in [0.25, 0.3) is 0 Å². The SMILES string of the molecule is C[C@H](NC(=O)C1CCN(S(C)(=O)=O)CC1)c1cccnc1. The molecule has 1 aromatic heterocycles. The maximum atomic E-state index is 12.2. The van der Waals surface area contributed by atoms with Gasteiger partial charge in [0.2, 0.25) is 15.9 Å². The zero-order chi connectivity index (χ0) is 15.5. The molecule has 1 amide bonds. The summed E-state index contributed by atoms with van der Waals surface area (Å²) in [5.74, 6) is -0.137. The molecule has 0 bridgehead atoms. The van der Waals surface area contributed by atoms with E-state index >= 15 is 0 Å². The van der Waals surface area contributed by atoms with Crippen LogP contribution in [0.1, 0.15) is 31.4 Å². The van der Waals surface area contributed by atoms with Crippen LogP contribution in [0.4, 0.5) is 0 Å². The van der Waals surface area contributed by atoms with Crippen LogP contribution in [0.15, 0.2) is 24.5 Å². The average Bonchev–Trinajstić information content (AvgIpc) is 2.47. The number of sulfonamides is 1. The normalized spacial score (nSPS) is 19.1. The van der Waals surface area contributed by atoms with Gasteiger partial charge in [-0.15, -0.1) is 0 Å². The van der Waals surface area contributed by atoms with Gasteiger partial charge in [-0.2, -0.15) is 0 Å². The highest BCUT2D eigenvalue weighted by Crippen LogP contribution is 2.20. The third-order valence-corrected chi connectivity index (χ3v) is 5.14. The molecule has 1 aliphatic rings. The molecule has 2 heterocycles. The molecule has 7 heteroatoms. The van der Waals surface area contributed by atoms with E-state index in [4.69, 9.17) is 0 Å². The molecule has 0 aliphatic carbocycles. The first-order valence-electron chi connectivity index (χ1n) is 7.03. The number of carbonyl (C=O) groups excluding carboxylic acids is 1. The maximum Gasteiger partial charge on any atom is 0.223 e. The van der Waals surface area contributed by atoms with Gasteiger partial charge in [-0.05, 0) is 31.4 Å². The second kappa shape index (κ2) is 6.53. The quantitative estimate of drug-likeness (QED) is 0.897. The Hall–Kier alpha value is -1.47. The number of hydrogen-bond acceptors (Lipinski definition) is 4. The molecule has 2 rings (SSSR count). The third-order valence-electron chi connectivity index (χ3n) is 3.84. The Kier molecular flexibility index (Phi) is 4.95. The van der Waals surface area contributed by atoms with Crippen molar-refractivity contribution in [2.24, 2.45) is 5.92 Å². The van der Waals surface area contributed by atoms with E-state index in [0.717, 1.165) is 5.56 Å². The maximum absolute atomic E-state index is 12.2. The minimum atomic E-state index is -3.15.